The molecule has 8 heteroatoms. The summed E-state index contributed by atoms with van der Waals surface area (Å²) in [4.78, 5) is 0. The summed E-state index contributed by atoms with van der Waals surface area (Å²) in [5, 5.41) is 41.8. The van der Waals surface area contributed by atoms with E-state index in [-0.39, 0.29) is 0 Å². The largest absolute Gasteiger partial charge is 0.631 e. The van der Waals surface area contributed by atoms with Gasteiger partial charge in [-0.3, -0.25) is 0 Å². The van der Waals surface area contributed by atoms with E-state index < -0.39 is 24.3 Å². The number of aliphatic hydroxyl groups is 2. The molecule has 0 aromatic carbocycles. The van der Waals surface area contributed by atoms with Crippen LogP contribution < -0.4 is 0 Å². The minimum absolute atomic E-state index is 0.413. The van der Waals surface area contributed by atoms with E-state index in [1.165, 1.54) is 5.57 Å². The number of hydrogen-bond donors (Lipinski definition) is 5. The van der Waals surface area contributed by atoms with Gasteiger partial charge >= 0.3 is 7.32 Å². The minimum Gasteiger partial charge on any atom is -0.402 e. The van der Waals surface area contributed by atoms with Gasteiger partial charge in [-0.1, -0.05) is 11.6 Å². The van der Waals surface area contributed by atoms with Crippen LogP contribution in [0.5, 0.6) is 0 Å². The van der Waals surface area contributed by atoms with Crippen molar-refractivity contribution in [3.63, 3.8) is 0 Å². The molecule has 0 radical (unpaired) electrons. The monoisotopic (exact) mass is 318 g/mol. The van der Waals surface area contributed by atoms with Crippen LogP contribution in [-0.2, 0) is 9.47 Å². The quantitative estimate of drug-likeness (QED) is 0.358. The van der Waals surface area contributed by atoms with Gasteiger partial charge in [0.1, 0.15) is 0 Å². The Bertz CT molecular complexity index is 378. The van der Waals surface area contributed by atoms with Crippen LogP contribution in [0.25, 0.3) is 0 Å². The molecule has 0 aromatic rings. The number of rotatable bonds is 3. The van der Waals surface area contributed by atoms with E-state index >= 15 is 0 Å². The highest BCUT2D eigenvalue weighted by Gasteiger charge is 2.41. The third-order valence-corrected chi connectivity index (χ3v) is 4.23. The molecule has 1 unspecified atom stereocenters. The van der Waals surface area contributed by atoms with E-state index in [9.17, 15) is 10.2 Å². The predicted molar refractivity (Wildman–Crippen MR) is 80.5 cm³/mol. The number of ether oxygens (including phenoxy) is 2. The second-order valence-corrected chi connectivity index (χ2v) is 6.53. The summed E-state index contributed by atoms with van der Waals surface area (Å²) >= 11 is 0. The van der Waals surface area contributed by atoms with Crippen LogP contribution in [0.3, 0.4) is 0 Å². The molecule has 128 valence electrons. The summed E-state index contributed by atoms with van der Waals surface area (Å²) in [7, 11) is -2.17. The van der Waals surface area contributed by atoms with Gasteiger partial charge in [-0.2, -0.15) is 0 Å². The SMILES string of the molecule is CC(C)(O)C(C)(O)CC1=CCC2(CC1)OCCO2.OB(O)O. The molecule has 5 N–H and O–H groups in total. The molecule has 2 rings (SSSR count). The smallest absolute Gasteiger partial charge is 0.402 e. The maximum atomic E-state index is 10.3. The van der Waals surface area contributed by atoms with Crippen LogP contribution in [0.2, 0.25) is 0 Å². The van der Waals surface area contributed by atoms with Crippen LogP contribution >= 0.6 is 0 Å². The third kappa shape index (κ3) is 5.62. The number of hydrogen-bond acceptors (Lipinski definition) is 7. The highest BCUT2D eigenvalue weighted by Crippen LogP contribution is 2.38. The standard InChI is InChI=1S/C14H24O4.BH3O3/c1-12(2,15)13(3,16)10-11-4-6-14(7-5-11)17-8-9-18-14;2-1(3)4/h4,15-16H,5-10H2,1-3H3;2-4H. The lowest BCUT2D eigenvalue weighted by Crippen LogP contribution is -2.48. The third-order valence-electron chi connectivity index (χ3n) is 4.23. The molecule has 1 aliphatic carbocycles. The zero-order valence-electron chi connectivity index (χ0n) is 13.4. The van der Waals surface area contributed by atoms with Crippen LogP contribution in [0.1, 0.15) is 46.5 Å². The average molecular weight is 318 g/mol. The van der Waals surface area contributed by atoms with Crippen molar-refractivity contribution in [3.05, 3.63) is 11.6 Å². The van der Waals surface area contributed by atoms with E-state index in [2.05, 4.69) is 6.08 Å². The zero-order valence-corrected chi connectivity index (χ0v) is 13.4. The highest BCUT2D eigenvalue weighted by atomic mass is 16.7. The lowest BCUT2D eigenvalue weighted by molar-refractivity contribution is -0.162. The first kappa shape index (κ1) is 19.6. The predicted octanol–water partition coefficient (Wildman–Crippen LogP) is -0.300. The van der Waals surface area contributed by atoms with Gasteiger partial charge in [0.25, 0.3) is 0 Å². The van der Waals surface area contributed by atoms with Gasteiger partial charge in [0.15, 0.2) is 5.79 Å². The summed E-state index contributed by atoms with van der Waals surface area (Å²) in [6, 6.07) is 0. The van der Waals surface area contributed by atoms with Crippen molar-refractivity contribution in [3.8, 4) is 0 Å². The van der Waals surface area contributed by atoms with E-state index in [1.807, 2.05) is 0 Å². The van der Waals surface area contributed by atoms with Crippen LogP contribution in [0.4, 0.5) is 0 Å². The Labute approximate surface area is 131 Å². The van der Waals surface area contributed by atoms with Crippen molar-refractivity contribution in [1.82, 2.24) is 0 Å². The van der Waals surface area contributed by atoms with E-state index in [1.54, 1.807) is 20.8 Å². The fraction of sp³-hybridized carbons (Fsp3) is 0.857. The zero-order chi connectivity index (χ0) is 17.0. The van der Waals surface area contributed by atoms with E-state index in [0.29, 0.717) is 19.6 Å². The van der Waals surface area contributed by atoms with Gasteiger partial charge in [-0.25, -0.2) is 0 Å². The Morgan fingerprint density at radius 2 is 1.64 bits per heavy atom. The fourth-order valence-corrected chi connectivity index (χ4v) is 2.43. The molecule has 1 saturated heterocycles. The van der Waals surface area contributed by atoms with Gasteiger partial charge in [-0.15, -0.1) is 0 Å². The Balaban J connectivity index is 0.000000541. The van der Waals surface area contributed by atoms with Gasteiger partial charge in [-0.05, 0) is 33.6 Å². The van der Waals surface area contributed by atoms with Crippen molar-refractivity contribution in [2.45, 2.75) is 63.4 Å². The highest BCUT2D eigenvalue weighted by molar-refractivity contribution is 6.30. The molecule has 22 heavy (non-hydrogen) atoms. The first-order valence-corrected chi connectivity index (χ1v) is 7.42. The normalized spacial score (nSPS) is 23.4. The van der Waals surface area contributed by atoms with Gasteiger partial charge in [0.2, 0.25) is 0 Å². The summed E-state index contributed by atoms with van der Waals surface area (Å²) in [6.45, 7) is 6.30. The molecule has 0 saturated carbocycles. The average Bonchev–Trinajstić information content (AvgIpc) is 2.79. The van der Waals surface area contributed by atoms with E-state index in [4.69, 9.17) is 24.5 Å². The molecule has 0 aromatic heterocycles. The van der Waals surface area contributed by atoms with Gasteiger partial charge in [0, 0.05) is 12.8 Å². The molecule has 0 bridgehead atoms. The second-order valence-electron chi connectivity index (χ2n) is 6.53. The summed E-state index contributed by atoms with van der Waals surface area (Å²) in [6.07, 6.45) is 5.01. The van der Waals surface area contributed by atoms with Gasteiger partial charge in [0.05, 0.1) is 24.4 Å². The molecular weight excluding hydrogens is 291 g/mol. The lowest BCUT2D eigenvalue weighted by Gasteiger charge is -2.38. The molecule has 2 aliphatic rings. The molecule has 1 atom stereocenters. The van der Waals surface area contributed by atoms with Crippen LogP contribution in [0.15, 0.2) is 11.6 Å². The lowest BCUT2D eigenvalue weighted by atomic mass is 9.79. The maximum Gasteiger partial charge on any atom is 0.631 e. The second kappa shape index (κ2) is 7.40. The molecule has 1 aliphatic heterocycles. The topological polar surface area (TPSA) is 120 Å². The molecule has 7 nitrogen and oxygen atoms in total. The van der Waals surface area contributed by atoms with Crippen LogP contribution in [-0.4, -0.2) is 62.8 Å². The minimum atomic E-state index is -2.17. The Hall–Kier alpha value is -0.475. The Morgan fingerprint density at radius 1 is 1.14 bits per heavy atom. The maximum absolute atomic E-state index is 10.3. The molecule has 1 heterocycles. The first-order valence-electron chi connectivity index (χ1n) is 7.42. The molecule has 1 spiro atoms. The Kier molecular flexibility index (Phi) is 6.58. The summed E-state index contributed by atoms with van der Waals surface area (Å²) < 4.78 is 11.3. The molecule has 1 fully saturated rings. The van der Waals surface area contributed by atoms with Crippen molar-refractivity contribution < 1.29 is 34.8 Å². The molecule has 0 amide bonds. The summed E-state index contributed by atoms with van der Waals surface area (Å²) in [5.74, 6) is -0.413. The van der Waals surface area contributed by atoms with Crippen molar-refractivity contribution >= 4 is 7.32 Å². The Morgan fingerprint density at radius 3 is 2.00 bits per heavy atom. The van der Waals surface area contributed by atoms with Crippen molar-refractivity contribution in [1.29, 1.82) is 0 Å². The van der Waals surface area contributed by atoms with Gasteiger partial charge < -0.3 is 34.8 Å². The van der Waals surface area contributed by atoms with Crippen molar-refractivity contribution in [2.24, 2.45) is 0 Å². The van der Waals surface area contributed by atoms with E-state index in [0.717, 1.165) is 19.3 Å². The summed E-state index contributed by atoms with van der Waals surface area (Å²) in [5.41, 5.74) is -1.05. The van der Waals surface area contributed by atoms with Crippen molar-refractivity contribution in [2.75, 3.05) is 13.2 Å². The molecular formula is C14H27BO7. The first-order chi connectivity index (χ1) is 9.97. The fourth-order valence-electron chi connectivity index (χ4n) is 2.43. The van der Waals surface area contributed by atoms with Crippen LogP contribution in [0, 0.1) is 0 Å².